The highest BCUT2D eigenvalue weighted by Gasteiger charge is 2.19. The average molecular weight is 356 g/mol. The summed E-state index contributed by atoms with van der Waals surface area (Å²) in [7, 11) is 0. The molecule has 2 atom stereocenters. The highest BCUT2D eigenvalue weighted by atomic mass is 35.5. The van der Waals surface area contributed by atoms with Crippen LogP contribution >= 0.6 is 12.4 Å². The summed E-state index contributed by atoms with van der Waals surface area (Å²) in [4.78, 5) is 14.5. The summed E-state index contributed by atoms with van der Waals surface area (Å²) < 4.78 is 5.39. The van der Waals surface area contributed by atoms with E-state index in [0.29, 0.717) is 6.54 Å². The maximum Gasteiger partial charge on any atom is 0.237 e. The van der Waals surface area contributed by atoms with Crippen LogP contribution in [0.1, 0.15) is 31.4 Å². The van der Waals surface area contributed by atoms with Gasteiger partial charge >= 0.3 is 0 Å². The van der Waals surface area contributed by atoms with Gasteiger partial charge in [0.15, 0.2) is 0 Å². The number of halogens is 1. The summed E-state index contributed by atoms with van der Waals surface area (Å²) >= 11 is 0. The number of hydrogen-bond acceptors (Lipinski definition) is 4. The fourth-order valence-electron chi connectivity index (χ4n) is 2.70. The maximum absolute atomic E-state index is 12.2. The zero-order chi connectivity index (χ0) is 16.7. The van der Waals surface area contributed by atoms with Gasteiger partial charge in [-0.05, 0) is 17.0 Å². The third-order valence-electron chi connectivity index (χ3n) is 4.63. The number of ether oxygens (including phenoxy) is 1. The lowest BCUT2D eigenvalue weighted by molar-refractivity contribution is -0.123. The predicted molar refractivity (Wildman–Crippen MR) is 99.1 cm³/mol. The van der Waals surface area contributed by atoms with Crippen molar-refractivity contribution in [1.82, 2.24) is 10.2 Å². The normalized spacial score (nSPS) is 17.6. The van der Waals surface area contributed by atoms with Crippen LogP contribution in [0.15, 0.2) is 24.3 Å². The second-order valence-electron chi connectivity index (χ2n) is 6.29. The third-order valence-corrected chi connectivity index (χ3v) is 4.63. The molecule has 6 heteroatoms. The fourth-order valence-corrected chi connectivity index (χ4v) is 2.70. The van der Waals surface area contributed by atoms with Crippen molar-refractivity contribution in [3.63, 3.8) is 0 Å². The van der Waals surface area contributed by atoms with Crippen molar-refractivity contribution in [1.29, 1.82) is 0 Å². The van der Waals surface area contributed by atoms with Crippen LogP contribution in [0.5, 0.6) is 0 Å². The van der Waals surface area contributed by atoms with Crippen LogP contribution < -0.4 is 11.1 Å². The van der Waals surface area contributed by atoms with Gasteiger partial charge in [-0.3, -0.25) is 9.69 Å². The first kappa shape index (κ1) is 20.9. The first-order chi connectivity index (χ1) is 11.1. The van der Waals surface area contributed by atoms with Gasteiger partial charge in [0.2, 0.25) is 5.91 Å². The van der Waals surface area contributed by atoms with Gasteiger partial charge in [-0.25, -0.2) is 0 Å². The molecule has 3 N–H and O–H groups in total. The Labute approximate surface area is 151 Å². The lowest BCUT2D eigenvalue weighted by Gasteiger charge is -2.27. The summed E-state index contributed by atoms with van der Waals surface area (Å²) in [6.07, 6.45) is 0.905. The van der Waals surface area contributed by atoms with Crippen molar-refractivity contribution < 1.29 is 9.53 Å². The minimum atomic E-state index is -0.439. The van der Waals surface area contributed by atoms with Crippen molar-refractivity contribution in [3.05, 3.63) is 35.4 Å². The Balaban J connectivity index is 0.00000288. The molecule has 1 amide bonds. The monoisotopic (exact) mass is 355 g/mol. The molecule has 24 heavy (non-hydrogen) atoms. The number of rotatable bonds is 7. The minimum absolute atomic E-state index is 0. The number of carbonyl (C=O) groups is 1. The third kappa shape index (κ3) is 6.06. The van der Waals surface area contributed by atoms with Crippen molar-refractivity contribution in [2.45, 2.75) is 39.4 Å². The number of nitrogens with two attached hydrogens (primary N) is 1. The number of nitrogens with one attached hydrogen (secondary N) is 1. The topological polar surface area (TPSA) is 67.6 Å². The lowest BCUT2D eigenvalue weighted by Crippen LogP contribution is -2.44. The van der Waals surface area contributed by atoms with E-state index in [4.69, 9.17) is 10.5 Å². The van der Waals surface area contributed by atoms with Crippen LogP contribution in [0.2, 0.25) is 0 Å². The second kappa shape index (κ2) is 10.7. The molecule has 0 aliphatic carbocycles. The molecule has 136 valence electrons. The van der Waals surface area contributed by atoms with Gasteiger partial charge in [0.1, 0.15) is 0 Å². The van der Waals surface area contributed by atoms with E-state index < -0.39 is 6.04 Å². The number of carbonyl (C=O) groups excluding carboxylic acids is 1. The molecule has 1 aromatic carbocycles. The molecule has 0 bridgehead atoms. The summed E-state index contributed by atoms with van der Waals surface area (Å²) in [6.45, 7) is 8.99. The maximum atomic E-state index is 12.2. The molecule has 1 fully saturated rings. The van der Waals surface area contributed by atoms with E-state index >= 15 is 0 Å². The molecule has 2 unspecified atom stereocenters. The fraction of sp³-hybridized carbons (Fsp3) is 0.611. The summed E-state index contributed by atoms with van der Waals surface area (Å²) in [6, 6.07) is 7.83. The molecule has 5 nitrogen and oxygen atoms in total. The van der Waals surface area contributed by atoms with Crippen LogP contribution in [-0.2, 0) is 22.6 Å². The molecule has 0 spiro atoms. The van der Waals surface area contributed by atoms with Crippen molar-refractivity contribution in [2.24, 2.45) is 11.7 Å². The largest absolute Gasteiger partial charge is 0.379 e. The number of amides is 1. The number of morpholine rings is 1. The predicted octanol–water partition coefficient (Wildman–Crippen LogP) is 1.93. The second-order valence-corrected chi connectivity index (χ2v) is 6.29. The van der Waals surface area contributed by atoms with E-state index in [1.165, 1.54) is 5.56 Å². The minimum Gasteiger partial charge on any atom is -0.379 e. The van der Waals surface area contributed by atoms with Crippen LogP contribution in [0.3, 0.4) is 0 Å². The van der Waals surface area contributed by atoms with Gasteiger partial charge in [0, 0.05) is 26.2 Å². The first-order valence-corrected chi connectivity index (χ1v) is 8.52. The number of benzene rings is 1. The molecular weight excluding hydrogens is 326 g/mol. The SMILES string of the molecule is CCC(C)C(N)C(=O)NCc1ccccc1CN1CCOCC1.Cl. The van der Waals surface area contributed by atoms with E-state index in [9.17, 15) is 4.79 Å². The molecule has 0 radical (unpaired) electrons. The number of nitrogens with zero attached hydrogens (tertiary/aromatic N) is 1. The summed E-state index contributed by atoms with van der Waals surface area (Å²) in [5.74, 6) is 0.124. The molecular formula is C18H30ClN3O2. The Hall–Kier alpha value is -1.14. The Kier molecular flexibility index (Phi) is 9.29. The van der Waals surface area contributed by atoms with Gasteiger partial charge < -0.3 is 15.8 Å². The molecule has 2 rings (SSSR count). The van der Waals surface area contributed by atoms with E-state index in [1.54, 1.807) is 0 Å². The molecule has 0 saturated carbocycles. The molecule has 1 saturated heterocycles. The van der Waals surface area contributed by atoms with Crippen molar-refractivity contribution in [2.75, 3.05) is 26.3 Å². The molecule has 1 aliphatic heterocycles. The Morgan fingerprint density at radius 2 is 1.92 bits per heavy atom. The van der Waals surface area contributed by atoms with Gasteiger partial charge in [-0.1, -0.05) is 44.5 Å². The highest BCUT2D eigenvalue weighted by molar-refractivity contribution is 5.85. The van der Waals surface area contributed by atoms with Gasteiger partial charge in [-0.2, -0.15) is 0 Å². The first-order valence-electron chi connectivity index (χ1n) is 8.52. The Bertz CT molecular complexity index is 507. The molecule has 0 aromatic heterocycles. The quantitative estimate of drug-likeness (QED) is 0.784. The molecule has 1 heterocycles. The Morgan fingerprint density at radius 3 is 2.54 bits per heavy atom. The Morgan fingerprint density at radius 1 is 1.29 bits per heavy atom. The van der Waals surface area contributed by atoms with Gasteiger partial charge in [0.05, 0.1) is 19.3 Å². The van der Waals surface area contributed by atoms with Crippen LogP contribution in [0.4, 0.5) is 0 Å². The van der Waals surface area contributed by atoms with Gasteiger partial charge in [-0.15, -0.1) is 12.4 Å². The van der Waals surface area contributed by atoms with Crippen LogP contribution in [-0.4, -0.2) is 43.2 Å². The summed E-state index contributed by atoms with van der Waals surface area (Å²) in [5.41, 5.74) is 8.40. The smallest absolute Gasteiger partial charge is 0.237 e. The van der Waals surface area contributed by atoms with Crippen molar-refractivity contribution in [3.8, 4) is 0 Å². The van der Waals surface area contributed by atoms with Crippen LogP contribution in [0.25, 0.3) is 0 Å². The lowest BCUT2D eigenvalue weighted by atomic mass is 9.99. The average Bonchev–Trinajstić information content (AvgIpc) is 2.60. The summed E-state index contributed by atoms with van der Waals surface area (Å²) in [5, 5.41) is 2.98. The molecule has 1 aromatic rings. The number of hydrogen-bond donors (Lipinski definition) is 2. The van der Waals surface area contributed by atoms with Gasteiger partial charge in [0.25, 0.3) is 0 Å². The molecule has 1 aliphatic rings. The van der Waals surface area contributed by atoms with Crippen molar-refractivity contribution >= 4 is 18.3 Å². The zero-order valence-electron chi connectivity index (χ0n) is 14.7. The van der Waals surface area contributed by atoms with Crippen LogP contribution in [0, 0.1) is 5.92 Å². The standard InChI is InChI=1S/C18H29N3O2.ClH/c1-3-14(2)17(19)18(22)20-12-15-6-4-5-7-16(15)13-21-8-10-23-11-9-21;/h4-7,14,17H,3,8-13,19H2,1-2H3,(H,20,22);1H. The van der Waals surface area contributed by atoms with E-state index in [0.717, 1.165) is 44.8 Å². The highest BCUT2D eigenvalue weighted by Crippen LogP contribution is 2.13. The van der Waals surface area contributed by atoms with E-state index in [2.05, 4.69) is 29.3 Å². The van der Waals surface area contributed by atoms with E-state index in [-0.39, 0.29) is 24.2 Å². The van der Waals surface area contributed by atoms with E-state index in [1.807, 2.05) is 19.1 Å². The zero-order valence-corrected chi connectivity index (χ0v) is 15.5.